The fourth-order valence-electron chi connectivity index (χ4n) is 3.95. The molecule has 3 aliphatic rings. The number of halogens is 4. The SMILES string of the molecule is CC1CCCC1.CC1CCCC1.CC1CCCCC1.FB(F)F.[CH3-].[CH3-].[CH3-].[CH3-].[CH3-].[F-].[Li+].[Ru+2].[Ru+2].c1ccccc1. The van der Waals surface area contributed by atoms with E-state index in [0.717, 1.165) is 17.8 Å². The molecule has 0 radical (unpaired) electrons. The van der Waals surface area contributed by atoms with Crippen LogP contribution in [-0.4, -0.2) is 7.54 Å². The van der Waals surface area contributed by atoms with Crippen molar-refractivity contribution < 1.29 is 75.5 Å². The van der Waals surface area contributed by atoms with Crippen LogP contribution in [0.2, 0.25) is 0 Å². The van der Waals surface area contributed by atoms with Crippen LogP contribution in [0.15, 0.2) is 36.4 Å². The summed E-state index contributed by atoms with van der Waals surface area (Å²) >= 11 is 0. The minimum Gasteiger partial charge on any atom is -1.00 e. The molecule has 0 nitrogen and oxygen atoms in total. The average molecular weight is 716 g/mol. The largest absolute Gasteiger partial charge is 2.00 e. The van der Waals surface area contributed by atoms with Gasteiger partial charge in [-0.3, -0.25) is 12.9 Å². The molecule has 3 saturated carbocycles. The molecule has 0 N–H and O–H groups in total. The second-order valence-corrected chi connectivity index (χ2v) is 8.92. The van der Waals surface area contributed by atoms with E-state index in [2.05, 4.69) is 20.8 Å². The third-order valence-electron chi connectivity index (χ3n) is 5.85. The van der Waals surface area contributed by atoms with Crippen LogP contribution in [0.3, 0.4) is 0 Å². The first-order chi connectivity index (χ1) is 13.9. The van der Waals surface area contributed by atoms with Gasteiger partial charge in [0.25, 0.3) is 0 Å². The molecular formula is C30H59BF4LiRu2-. The average Bonchev–Trinajstić information content (AvgIpc) is 3.38. The summed E-state index contributed by atoms with van der Waals surface area (Å²) in [6, 6.07) is 12.0. The Bertz CT molecular complexity index is 388. The second kappa shape index (κ2) is 50.7. The van der Waals surface area contributed by atoms with Crippen molar-refractivity contribution in [3.05, 3.63) is 73.5 Å². The fraction of sp³-hybridized carbons (Fsp3) is 0.633. The van der Waals surface area contributed by atoms with Gasteiger partial charge in [-0.1, -0.05) is 141 Å². The third kappa shape index (κ3) is 56.9. The van der Waals surface area contributed by atoms with E-state index in [9.17, 15) is 12.9 Å². The Morgan fingerprint density at radius 1 is 0.447 bits per heavy atom. The zero-order valence-electron chi connectivity index (χ0n) is 26.2. The van der Waals surface area contributed by atoms with Gasteiger partial charge in [-0.2, -0.15) is 0 Å². The molecule has 228 valence electrons. The molecule has 0 spiro atoms. The van der Waals surface area contributed by atoms with Crippen LogP contribution >= 0.6 is 0 Å². The number of hydrogen-bond donors (Lipinski definition) is 0. The number of benzene rings is 1. The third-order valence-corrected chi connectivity index (χ3v) is 5.85. The smallest absolute Gasteiger partial charge is 1.00 e. The van der Waals surface area contributed by atoms with Gasteiger partial charge in [0, 0.05) is 0 Å². The first kappa shape index (κ1) is 66.9. The molecule has 4 rings (SSSR count). The maximum Gasteiger partial charge on any atom is 2.00 e. The van der Waals surface area contributed by atoms with E-state index in [1.807, 2.05) is 36.4 Å². The summed E-state index contributed by atoms with van der Waals surface area (Å²) < 4.78 is 29.0. The number of rotatable bonds is 0. The molecule has 3 fully saturated rings. The van der Waals surface area contributed by atoms with Crippen molar-refractivity contribution in [1.29, 1.82) is 0 Å². The molecule has 1 aromatic rings. The normalized spacial score (nSPS) is 14.7. The van der Waals surface area contributed by atoms with Crippen molar-refractivity contribution in [3.8, 4) is 0 Å². The molecule has 0 heterocycles. The van der Waals surface area contributed by atoms with Gasteiger partial charge in [0.2, 0.25) is 0 Å². The van der Waals surface area contributed by atoms with Crippen molar-refractivity contribution in [2.75, 3.05) is 0 Å². The van der Waals surface area contributed by atoms with Crippen molar-refractivity contribution in [1.82, 2.24) is 0 Å². The maximum atomic E-state index is 9.67. The van der Waals surface area contributed by atoms with E-state index in [0.29, 0.717) is 0 Å². The first-order valence-electron chi connectivity index (χ1n) is 11.8. The zero-order valence-corrected chi connectivity index (χ0v) is 29.7. The summed E-state index contributed by atoms with van der Waals surface area (Å²) in [5.74, 6) is 3.13. The van der Waals surface area contributed by atoms with Crippen molar-refractivity contribution in [3.63, 3.8) is 0 Å². The van der Waals surface area contributed by atoms with Crippen molar-refractivity contribution in [2.24, 2.45) is 17.8 Å². The maximum absolute atomic E-state index is 9.67. The minimum atomic E-state index is -3.67. The van der Waals surface area contributed by atoms with Crippen molar-refractivity contribution >= 4 is 7.54 Å². The minimum absolute atomic E-state index is 0. The Morgan fingerprint density at radius 2 is 0.579 bits per heavy atom. The Hall–Kier alpha value is 0.849. The van der Waals surface area contributed by atoms with Crippen LogP contribution in [-0.2, 0) is 39.0 Å². The summed E-state index contributed by atoms with van der Waals surface area (Å²) in [5.41, 5.74) is 0. The zero-order chi connectivity index (χ0) is 21.7. The number of hydrogen-bond acceptors (Lipinski definition) is 0. The van der Waals surface area contributed by atoms with Crippen LogP contribution in [0, 0.1) is 54.9 Å². The molecular weight excluding hydrogens is 656 g/mol. The van der Waals surface area contributed by atoms with E-state index in [1.165, 1.54) is 83.5 Å². The Balaban J connectivity index is -0.0000000307. The van der Waals surface area contributed by atoms with Gasteiger partial charge in [0.15, 0.2) is 0 Å². The summed E-state index contributed by atoms with van der Waals surface area (Å²) in [6.07, 6.45) is 19.3. The van der Waals surface area contributed by atoms with Crippen LogP contribution in [0.1, 0.15) is 104 Å². The second-order valence-electron chi connectivity index (χ2n) is 8.92. The van der Waals surface area contributed by atoms with Crippen molar-refractivity contribution in [2.45, 2.75) is 104 Å². The summed E-state index contributed by atoms with van der Waals surface area (Å²) in [5, 5.41) is 0. The molecule has 0 aromatic heterocycles. The topological polar surface area (TPSA) is 0 Å². The summed E-state index contributed by atoms with van der Waals surface area (Å²) in [4.78, 5) is 0. The van der Waals surface area contributed by atoms with E-state index < -0.39 is 7.54 Å². The first-order valence-corrected chi connectivity index (χ1v) is 11.8. The van der Waals surface area contributed by atoms with E-state index in [1.54, 1.807) is 0 Å². The quantitative estimate of drug-likeness (QED) is 0.181. The van der Waals surface area contributed by atoms with Gasteiger partial charge in [-0.15, -0.1) is 0 Å². The van der Waals surface area contributed by atoms with Gasteiger partial charge < -0.3 is 41.8 Å². The molecule has 0 amide bonds. The molecule has 1 aromatic carbocycles. The molecule has 0 bridgehead atoms. The Kier molecular flexibility index (Phi) is 89.2. The molecule has 3 aliphatic carbocycles. The van der Waals surface area contributed by atoms with Gasteiger partial charge in [-0.05, 0) is 17.8 Å². The summed E-state index contributed by atoms with van der Waals surface area (Å²) in [7, 11) is -3.67. The van der Waals surface area contributed by atoms with Gasteiger partial charge >= 0.3 is 65.4 Å². The predicted molar refractivity (Wildman–Crippen MR) is 155 cm³/mol. The molecule has 0 saturated heterocycles. The Morgan fingerprint density at radius 3 is 0.658 bits per heavy atom. The molecule has 0 unspecified atom stereocenters. The Labute approximate surface area is 276 Å². The molecule has 8 heteroatoms. The van der Waals surface area contributed by atoms with Gasteiger partial charge in [0.05, 0.1) is 0 Å². The molecule has 0 aliphatic heterocycles. The van der Waals surface area contributed by atoms with Crippen LogP contribution in [0.5, 0.6) is 0 Å². The van der Waals surface area contributed by atoms with Crippen LogP contribution < -0.4 is 23.6 Å². The van der Waals surface area contributed by atoms with Crippen LogP contribution in [0.4, 0.5) is 12.9 Å². The standard InChI is InChI=1S/C7H14.2C6H12.C6H6.5CH3.BF3.FH.Li.2Ru/c1-7-5-3-2-4-6-7;2*1-6-4-2-3-5-6;1-2-4-6-5-3-1;;;;;;2-1(3)4;;;;/h7H,2-6H2,1H3;2*6H,2-5H2,1H3;1-6H;5*1H3;;1H;;;/q;;;;5*-1;;;+1;2*+2/p-1. The molecule has 0 atom stereocenters. The monoisotopic (exact) mass is 717 g/mol. The van der Waals surface area contributed by atoms with Gasteiger partial charge in [-0.25, -0.2) is 0 Å². The van der Waals surface area contributed by atoms with E-state index in [-0.39, 0.29) is 99.7 Å². The van der Waals surface area contributed by atoms with Gasteiger partial charge in [0.1, 0.15) is 0 Å². The fourth-order valence-corrected chi connectivity index (χ4v) is 3.95. The summed E-state index contributed by atoms with van der Waals surface area (Å²) in [6.45, 7) is 7.04. The predicted octanol–water partition coefficient (Wildman–Crippen LogP) is 5.80. The van der Waals surface area contributed by atoms with Crippen LogP contribution in [0.25, 0.3) is 0 Å². The molecule has 38 heavy (non-hydrogen) atoms. The van der Waals surface area contributed by atoms with E-state index >= 15 is 0 Å². The van der Waals surface area contributed by atoms with E-state index in [4.69, 9.17) is 0 Å².